The van der Waals surface area contributed by atoms with Crippen LogP contribution in [0.1, 0.15) is 38.3 Å². The average Bonchev–Trinajstić information content (AvgIpc) is 2.74. The number of aryl methyl sites for hydroxylation is 1. The van der Waals surface area contributed by atoms with Gasteiger partial charge in [-0.15, -0.1) is 0 Å². The van der Waals surface area contributed by atoms with E-state index in [4.69, 9.17) is 0 Å². The summed E-state index contributed by atoms with van der Waals surface area (Å²) >= 11 is 0. The van der Waals surface area contributed by atoms with Crippen molar-refractivity contribution in [2.24, 2.45) is 7.05 Å². The molecule has 4 heteroatoms. The normalized spacial score (nSPS) is 22.6. The standard InChI is InChI=1S/C13H24N4/c1-11(9-12-5-3-4-7-14-12)15-10-13-6-8-16-17(13)2/h6,8,11-12,14-15H,3-5,7,9-10H2,1-2H3. The summed E-state index contributed by atoms with van der Waals surface area (Å²) in [5.41, 5.74) is 1.24. The number of nitrogens with one attached hydrogen (secondary N) is 2. The van der Waals surface area contributed by atoms with E-state index < -0.39 is 0 Å². The molecule has 4 nitrogen and oxygen atoms in total. The van der Waals surface area contributed by atoms with Crippen LogP contribution in [0.4, 0.5) is 0 Å². The molecule has 0 saturated carbocycles. The maximum absolute atomic E-state index is 4.17. The maximum atomic E-state index is 4.17. The molecule has 1 saturated heterocycles. The summed E-state index contributed by atoms with van der Waals surface area (Å²) in [6, 6.07) is 3.33. The third-order valence-corrected chi connectivity index (χ3v) is 3.60. The Hall–Kier alpha value is -0.870. The fourth-order valence-corrected chi connectivity index (χ4v) is 2.49. The van der Waals surface area contributed by atoms with Gasteiger partial charge in [0.1, 0.15) is 0 Å². The molecule has 2 atom stereocenters. The summed E-state index contributed by atoms with van der Waals surface area (Å²) in [6.45, 7) is 4.37. The first-order valence-corrected chi connectivity index (χ1v) is 6.69. The van der Waals surface area contributed by atoms with Crippen molar-refractivity contribution in [3.8, 4) is 0 Å². The quantitative estimate of drug-likeness (QED) is 0.812. The van der Waals surface area contributed by atoms with Crippen molar-refractivity contribution in [1.29, 1.82) is 0 Å². The molecule has 0 aromatic carbocycles. The highest BCUT2D eigenvalue weighted by Gasteiger charge is 2.15. The van der Waals surface area contributed by atoms with Gasteiger partial charge in [-0.1, -0.05) is 6.42 Å². The van der Waals surface area contributed by atoms with Gasteiger partial charge in [0.05, 0.1) is 5.69 Å². The smallest absolute Gasteiger partial charge is 0.0518 e. The molecule has 2 rings (SSSR count). The van der Waals surface area contributed by atoms with Gasteiger partial charge in [-0.25, -0.2) is 0 Å². The highest BCUT2D eigenvalue weighted by Crippen LogP contribution is 2.12. The Labute approximate surface area is 104 Å². The van der Waals surface area contributed by atoms with E-state index in [0.29, 0.717) is 12.1 Å². The van der Waals surface area contributed by atoms with Crippen molar-refractivity contribution in [2.75, 3.05) is 6.54 Å². The van der Waals surface area contributed by atoms with Crippen LogP contribution in [0.25, 0.3) is 0 Å². The van der Waals surface area contributed by atoms with Gasteiger partial charge >= 0.3 is 0 Å². The van der Waals surface area contributed by atoms with E-state index in [1.807, 2.05) is 17.9 Å². The lowest BCUT2D eigenvalue weighted by Gasteiger charge is -2.26. The van der Waals surface area contributed by atoms with Gasteiger partial charge in [-0.3, -0.25) is 4.68 Å². The van der Waals surface area contributed by atoms with Crippen LogP contribution in [-0.2, 0) is 13.6 Å². The second kappa shape index (κ2) is 6.17. The summed E-state index contributed by atoms with van der Waals surface area (Å²) < 4.78 is 1.93. The Bertz CT molecular complexity index is 328. The largest absolute Gasteiger partial charge is 0.314 e. The van der Waals surface area contributed by atoms with Crippen LogP contribution in [0.5, 0.6) is 0 Å². The first-order valence-electron chi connectivity index (χ1n) is 6.69. The van der Waals surface area contributed by atoms with E-state index in [1.54, 1.807) is 0 Å². The summed E-state index contributed by atoms with van der Waals surface area (Å²) in [4.78, 5) is 0. The lowest BCUT2D eigenvalue weighted by Crippen LogP contribution is -2.39. The molecular formula is C13H24N4. The van der Waals surface area contributed by atoms with E-state index in [2.05, 4.69) is 28.7 Å². The average molecular weight is 236 g/mol. The number of nitrogens with zero attached hydrogens (tertiary/aromatic N) is 2. The monoisotopic (exact) mass is 236 g/mol. The van der Waals surface area contributed by atoms with Gasteiger partial charge in [0.2, 0.25) is 0 Å². The van der Waals surface area contributed by atoms with Crippen molar-refractivity contribution in [3.05, 3.63) is 18.0 Å². The fraction of sp³-hybridized carbons (Fsp3) is 0.769. The topological polar surface area (TPSA) is 41.9 Å². The van der Waals surface area contributed by atoms with E-state index in [0.717, 1.165) is 6.54 Å². The number of piperidine rings is 1. The van der Waals surface area contributed by atoms with Crippen LogP contribution in [-0.4, -0.2) is 28.4 Å². The van der Waals surface area contributed by atoms with Gasteiger partial charge in [0.15, 0.2) is 0 Å². The number of rotatable bonds is 5. The maximum Gasteiger partial charge on any atom is 0.0518 e. The molecular weight excluding hydrogens is 212 g/mol. The Kier molecular flexibility index (Phi) is 4.57. The molecule has 0 radical (unpaired) electrons. The third-order valence-electron chi connectivity index (χ3n) is 3.60. The molecule has 1 aliphatic rings. The van der Waals surface area contributed by atoms with Gasteiger partial charge in [0.25, 0.3) is 0 Å². The summed E-state index contributed by atoms with van der Waals surface area (Å²) in [5.74, 6) is 0. The van der Waals surface area contributed by atoms with E-state index in [-0.39, 0.29) is 0 Å². The number of aromatic nitrogens is 2. The van der Waals surface area contributed by atoms with Crippen LogP contribution >= 0.6 is 0 Å². The van der Waals surface area contributed by atoms with Crippen molar-refractivity contribution in [1.82, 2.24) is 20.4 Å². The predicted octanol–water partition coefficient (Wildman–Crippen LogP) is 1.43. The second-order valence-electron chi connectivity index (χ2n) is 5.11. The summed E-state index contributed by atoms with van der Waals surface area (Å²) in [6.07, 6.45) is 7.12. The SMILES string of the molecule is CC(CC1CCCCN1)NCc1ccnn1C. The molecule has 1 fully saturated rings. The minimum atomic E-state index is 0.556. The van der Waals surface area contributed by atoms with Gasteiger partial charge in [-0.05, 0) is 38.8 Å². The number of hydrogen-bond acceptors (Lipinski definition) is 3. The highest BCUT2D eigenvalue weighted by atomic mass is 15.3. The zero-order valence-electron chi connectivity index (χ0n) is 10.9. The summed E-state index contributed by atoms with van der Waals surface area (Å²) in [7, 11) is 1.99. The van der Waals surface area contributed by atoms with E-state index in [9.17, 15) is 0 Å². The second-order valence-corrected chi connectivity index (χ2v) is 5.11. The molecule has 0 spiro atoms. The Morgan fingerprint density at radius 1 is 1.59 bits per heavy atom. The van der Waals surface area contributed by atoms with Gasteiger partial charge in [0, 0.05) is 31.9 Å². The Morgan fingerprint density at radius 3 is 3.12 bits per heavy atom. The molecule has 1 aliphatic heterocycles. The Morgan fingerprint density at radius 2 is 2.47 bits per heavy atom. The van der Waals surface area contributed by atoms with Crippen molar-refractivity contribution in [3.63, 3.8) is 0 Å². The molecule has 2 unspecified atom stereocenters. The third kappa shape index (κ3) is 3.82. The molecule has 2 heterocycles. The summed E-state index contributed by atoms with van der Waals surface area (Å²) in [5, 5.41) is 11.3. The number of hydrogen-bond donors (Lipinski definition) is 2. The van der Waals surface area contributed by atoms with Gasteiger partial charge in [-0.2, -0.15) is 5.10 Å². The molecule has 96 valence electrons. The molecule has 0 bridgehead atoms. The lowest BCUT2D eigenvalue weighted by atomic mass is 9.99. The van der Waals surface area contributed by atoms with Crippen LogP contribution in [0.15, 0.2) is 12.3 Å². The highest BCUT2D eigenvalue weighted by molar-refractivity contribution is 4.99. The van der Waals surface area contributed by atoms with Crippen molar-refractivity contribution < 1.29 is 0 Å². The zero-order valence-corrected chi connectivity index (χ0v) is 10.9. The van der Waals surface area contributed by atoms with Gasteiger partial charge < -0.3 is 10.6 Å². The molecule has 17 heavy (non-hydrogen) atoms. The van der Waals surface area contributed by atoms with Crippen molar-refractivity contribution >= 4 is 0 Å². The predicted molar refractivity (Wildman–Crippen MR) is 69.8 cm³/mol. The Balaban J connectivity index is 1.70. The van der Waals surface area contributed by atoms with Crippen LogP contribution < -0.4 is 10.6 Å². The molecule has 0 amide bonds. The van der Waals surface area contributed by atoms with E-state index >= 15 is 0 Å². The van der Waals surface area contributed by atoms with Crippen LogP contribution in [0, 0.1) is 0 Å². The van der Waals surface area contributed by atoms with Crippen molar-refractivity contribution in [2.45, 2.75) is 51.2 Å². The molecule has 1 aromatic rings. The van der Waals surface area contributed by atoms with Crippen LogP contribution in [0.3, 0.4) is 0 Å². The minimum absolute atomic E-state index is 0.556. The first-order chi connectivity index (χ1) is 8.25. The fourth-order valence-electron chi connectivity index (χ4n) is 2.49. The molecule has 0 aliphatic carbocycles. The zero-order chi connectivity index (χ0) is 12.1. The van der Waals surface area contributed by atoms with Crippen LogP contribution in [0.2, 0.25) is 0 Å². The van der Waals surface area contributed by atoms with E-state index in [1.165, 1.54) is 37.9 Å². The lowest BCUT2D eigenvalue weighted by molar-refractivity contribution is 0.343. The minimum Gasteiger partial charge on any atom is -0.314 e. The molecule has 2 N–H and O–H groups in total. The first kappa shape index (κ1) is 12.6. The molecule has 1 aromatic heterocycles.